The summed E-state index contributed by atoms with van der Waals surface area (Å²) in [5.74, 6) is -1.06. The Bertz CT molecular complexity index is 1030. The van der Waals surface area contributed by atoms with E-state index in [1.807, 2.05) is 31.2 Å². The third kappa shape index (κ3) is 4.07. The number of carboxylic acids is 1. The van der Waals surface area contributed by atoms with E-state index in [2.05, 4.69) is 34.6 Å². The van der Waals surface area contributed by atoms with Crippen LogP contribution in [0.5, 0.6) is 0 Å². The number of thiazole rings is 1. The topological polar surface area (TPSA) is 88.5 Å². The Morgan fingerprint density at radius 1 is 1.13 bits per heavy atom. The van der Waals surface area contributed by atoms with Crippen molar-refractivity contribution in [2.24, 2.45) is 0 Å². The molecule has 1 unspecified atom stereocenters. The Balaban J connectivity index is 1.47. The van der Waals surface area contributed by atoms with Gasteiger partial charge in [0, 0.05) is 17.0 Å². The van der Waals surface area contributed by atoms with Crippen LogP contribution in [0.15, 0.2) is 54.7 Å². The van der Waals surface area contributed by atoms with Crippen molar-refractivity contribution in [1.29, 1.82) is 0 Å². The summed E-state index contributed by atoms with van der Waals surface area (Å²) in [6.45, 7) is 2.18. The number of nitrogens with one attached hydrogen (secondary N) is 1. The highest BCUT2D eigenvalue weighted by molar-refractivity contribution is 7.11. The van der Waals surface area contributed by atoms with E-state index in [0.29, 0.717) is 5.01 Å². The number of carbonyl (C=O) groups is 2. The first-order chi connectivity index (χ1) is 14.6. The molecule has 1 aliphatic rings. The highest BCUT2D eigenvalue weighted by Crippen LogP contribution is 2.44. The van der Waals surface area contributed by atoms with E-state index in [-0.39, 0.29) is 18.9 Å². The molecule has 0 radical (unpaired) electrons. The zero-order valence-corrected chi connectivity index (χ0v) is 17.3. The maximum atomic E-state index is 12.5. The molecule has 6 nitrogen and oxygen atoms in total. The van der Waals surface area contributed by atoms with Gasteiger partial charge in [-0.1, -0.05) is 55.5 Å². The van der Waals surface area contributed by atoms with Gasteiger partial charge in [-0.05, 0) is 28.7 Å². The Labute approximate surface area is 178 Å². The number of nitrogens with zero attached hydrogens (tertiary/aromatic N) is 1. The molecule has 0 saturated carbocycles. The number of amides is 1. The second kappa shape index (κ2) is 8.67. The molecular weight excluding hydrogens is 400 g/mol. The molecular formula is C23H22N2O4S. The fraction of sp³-hybridized carbons (Fsp3) is 0.261. The van der Waals surface area contributed by atoms with Crippen LogP contribution in [0.3, 0.4) is 0 Å². The number of aliphatic carboxylic acids is 1. The van der Waals surface area contributed by atoms with Gasteiger partial charge in [0.05, 0.1) is 12.5 Å². The number of rotatable bonds is 7. The summed E-state index contributed by atoms with van der Waals surface area (Å²) in [5, 5.41) is 12.5. The molecule has 1 aliphatic carbocycles. The summed E-state index contributed by atoms with van der Waals surface area (Å²) in [6.07, 6.45) is 1.63. The SMILES string of the molecule is CCc1cnc(C(CC(=O)O)NC(=O)OCC2c3ccccc3-c3ccccc32)s1. The predicted octanol–water partition coefficient (Wildman–Crippen LogP) is 4.76. The Morgan fingerprint density at radius 3 is 2.33 bits per heavy atom. The molecule has 7 heteroatoms. The summed E-state index contributed by atoms with van der Waals surface area (Å²) < 4.78 is 5.54. The zero-order valence-electron chi connectivity index (χ0n) is 16.5. The van der Waals surface area contributed by atoms with Crippen molar-refractivity contribution in [1.82, 2.24) is 10.3 Å². The number of carbonyl (C=O) groups excluding carboxylic acids is 1. The number of aromatic nitrogens is 1. The molecule has 3 aromatic rings. The highest BCUT2D eigenvalue weighted by atomic mass is 32.1. The van der Waals surface area contributed by atoms with Crippen LogP contribution in [-0.4, -0.2) is 28.8 Å². The van der Waals surface area contributed by atoms with Gasteiger partial charge in [-0.2, -0.15) is 0 Å². The maximum absolute atomic E-state index is 12.5. The first-order valence-corrected chi connectivity index (χ1v) is 10.7. The largest absolute Gasteiger partial charge is 0.481 e. The normalized spacial score (nSPS) is 13.4. The summed E-state index contributed by atoms with van der Waals surface area (Å²) in [6, 6.07) is 15.5. The van der Waals surface area contributed by atoms with Gasteiger partial charge >= 0.3 is 12.1 Å². The van der Waals surface area contributed by atoms with Crippen LogP contribution in [0.2, 0.25) is 0 Å². The molecule has 1 heterocycles. The van der Waals surface area contributed by atoms with E-state index in [9.17, 15) is 14.7 Å². The minimum atomic E-state index is -1.01. The number of hydrogen-bond acceptors (Lipinski definition) is 5. The lowest BCUT2D eigenvalue weighted by atomic mass is 9.98. The lowest BCUT2D eigenvalue weighted by Gasteiger charge is -2.17. The Morgan fingerprint density at radius 2 is 1.77 bits per heavy atom. The van der Waals surface area contributed by atoms with Crippen molar-refractivity contribution in [3.63, 3.8) is 0 Å². The smallest absolute Gasteiger partial charge is 0.407 e. The first kappa shape index (κ1) is 20.1. The molecule has 2 aromatic carbocycles. The number of hydrogen-bond donors (Lipinski definition) is 2. The summed E-state index contributed by atoms with van der Waals surface area (Å²) in [7, 11) is 0. The van der Waals surface area contributed by atoms with Crippen LogP contribution in [0.25, 0.3) is 11.1 Å². The lowest BCUT2D eigenvalue weighted by molar-refractivity contribution is -0.137. The molecule has 1 amide bonds. The molecule has 1 aromatic heterocycles. The molecule has 0 saturated heterocycles. The van der Waals surface area contributed by atoms with Crippen LogP contribution >= 0.6 is 11.3 Å². The molecule has 0 spiro atoms. The van der Waals surface area contributed by atoms with Crippen molar-refractivity contribution in [2.45, 2.75) is 31.7 Å². The van der Waals surface area contributed by atoms with E-state index in [0.717, 1.165) is 33.6 Å². The summed E-state index contributed by atoms with van der Waals surface area (Å²) in [4.78, 5) is 29.1. The Hall–Kier alpha value is -3.19. The third-order valence-electron chi connectivity index (χ3n) is 5.23. The number of benzene rings is 2. The number of alkyl carbamates (subject to hydrolysis) is 1. The lowest BCUT2D eigenvalue weighted by Crippen LogP contribution is -2.31. The maximum Gasteiger partial charge on any atom is 0.407 e. The fourth-order valence-electron chi connectivity index (χ4n) is 3.80. The van der Waals surface area contributed by atoms with Crippen molar-refractivity contribution in [3.05, 3.63) is 75.7 Å². The van der Waals surface area contributed by atoms with E-state index in [4.69, 9.17) is 4.74 Å². The van der Waals surface area contributed by atoms with Crippen molar-refractivity contribution in [2.75, 3.05) is 6.61 Å². The molecule has 0 bridgehead atoms. The Kier molecular flexibility index (Phi) is 5.81. The van der Waals surface area contributed by atoms with Crippen LogP contribution in [-0.2, 0) is 16.0 Å². The standard InChI is InChI=1S/C23H22N2O4S/c1-2-14-12-24-22(30-14)20(11-21(26)27)25-23(28)29-13-19-17-9-5-3-7-15(17)16-8-4-6-10-18(16)19/h3-10,12,19-20H,2,11,13H2,1H3,(H,25,28)(H,26,27). The fourth-order valence-corrected chi connectivity index (χ4v) is 4.71. The second-order valence-corrected chi connectivity index (χ2v) is 8.29. The minimum Gasteiger partial charge on any atom is -0.481 e. The van der Waals surface area contributed by atoms with Gasteiger partial charge in [0.2, 0.25) is 0 Å². The van der Waals surface area contributed by atoms with E-state index in [1.54, 1.807) is 6.20 Å². The molecule has 4 rings (SSSR count). The van der Waals surface area contributed by atoms with Crippen molar-refractivity contribution < 1.29 is 19.4 Å². The molecule has 30 heavy (non-hydrogen) atoms. The monoisotopic (exact) mass is 422 g/mol. The number of ether oxygens (including phenoxy) is 1. The molecule has 0 aliphatic heterocycles. The predicted molar refractivity (Wildman–Crippen MR) is 115 cm³/mol. The van der Waals surface area contributed by atoms with Crippen LogP contribution in [0, 0.1) is 0 Å². The van der Waals surface area contributed by atoms with Gasteiger partial charge < -0.3 is 15.2 Å². The van der Waals surface area contributed by atoms with E-state index >= 15 is 0 Å². The van der Waals surface area contributed by atoms with Gasteiger partial charge in [-0.15, -0.1) is 11.3 Å². The number of fused-ring (bicyclic) bond motifs is 3. The minimum absolute atomic E-state index is 0.0485. The zero-order chi connectivity index (χ0) is 21.1. The van der Waals surface area contributed by atoms with Gasteiger partial charge in [0.15, 0.2) is 0 Å². The van der Waals surface area contributed by atoms with Gasteiger partial charge in [-0.3, -0.25) is 4.79 Å². The first-order valence-electron chi connectivity index (χ1n) is 9.84. The van der Waals surface area contributed by atoms with Gasteiger partial charge in [0.25, 0.3) is 0 Å². The van der Waals surface area contributed by atoms with E-state index < -0.39 is 18.1 Å². The molecule has 0 fully saturated rings. The summed E-state index contributed by atoms with van der Waals surface area (Å²) >= 11 is 1.41. The molecule has 1 atom stereocenters. The van der Waals surface area contributed by atoms with Crippen LogP contribution in [0.1, 0.15) is 46.3 Å². The molecule has 2 N–H and O–H groups in total. The molecule has 154 valence electrons. The average Bonchev–Trinajstić information content (AvgIpc) is 3.35. The quantitative estimate of drug-likeness (QED) is 0.573. The van der Waals surface area contributed by atoms with Crippen LogP contribution < -0.4 is 5.32 Å². The second-order valence-electron chi connectivity index (χ2n) is 7.14. The summed E-state index contributed by atoms with van der Waals surface area (Å²) in [5.41, 5.74) is 4.56. The van der Waals surface area contributed by atoms with Gasteiger partial charge in [-0.25, -0.2) is 9.78 Å². The van der Waals surface area contributed by atoms with Gasteiger partial charge in [0.1, 0.15) is 11.6 Å². The number of carboxylic acid groups (broad SMARTS) is 1. The van der Waals surface area contributed by atoms with E-state index in [1.165, 1.54) is 11.3 Å². The van der Waals surface area contributed by atoms with Crippen LogP contribution in [0.4, 0.5) is 4.79 Å². The van der Waals surface area contributed by atoms with Crippen molar-refractivity contribution in [3.8, 4) is 11.1 Å². The number of aryl methyl sites for hydroxylation is 1. The third-order valence-corrected chi connectivity index (χ3v) is 6.49. The van der Waals surface area contributed by atoms with Crippen molar-refractivity contribution >= 4 is 23.4 Å². The average molecular weight is 423 g/mol. The highest BCUT2D eigenvalue weighted by Gasteiger charge is 2.29.